The van der Waals surface area contributed by atoms with Crippen LogP contribution >= 0.6 is 0 Å². The van der Waals surface area contributed by atoms with Crippen molar-refractivity contribution < 1.29 is 9.18 Å². The Morgan fingerprint density at radius 1 is 1.43 bits per heavy atom. The molecule has 14 heavy (non-hydrogen) atoms. The molecule has 0 aliphatic rings. The Morgan fingerprint density at radius 2 is 2.14 bits per heavy atom. The minimum absolute atomic E-state index is 0.210. The van der Waals surface area contributed by atoms with Gasteiger partial charge in [-0.15, -0.1) is 0 Å². The van der Waals surface area contributed by atoms with Gasteiger partial charge in [-0.1, -0.05) is 26.0 Å². The van der Waals surface area contributed by atoms with Crippen molar-refractivity contribution in [3.63, 3.8) is 0 Å². The van der Waals surface area contributed by atoms with Crippen molar-refractivity contribution in [3.05, 3.63) is 41.7 Å². The normalized spacial score (nSPS) is 11.9. The zero-order chi connectivity index (χ0) is 10.6. The zero-order valence-corrected chi connectivity index (χ0v) is 8.33. The summed E-state index contributed by atoms with van der Waals surface area (Å²) >= 11 is 0. The van der Waals surface area contributed by atoms with Gasteiger partial charge in [0.1, 0.15) is 12.1 Å². The van der Waals surface area contributed by atoms with Crippen molar-refractivity contribution in [3.8, 4) is 0 Å². The first-order chi connectivity index (χ1) is 6.65. The Kier molecular flexibility index (Phi) is 3.57. The van der Waals surface area contributed by atoms with E-state index in [1.165, 1.54) is 18.2 Å². The highest BCUT2D eigenvalue weighted by Crippen LogP contribution is 2.22. The molecule has 0 N–H and O–H groups in total. The average molecular weight is 192 g/mol. The van der Waals surface area contributed by atoms with Crippen LogP contribution in [0.15, 0.2) is 30.3 Å². The fourth-order valence-corrected chi connectivity index (χ4v) is 1.36. The highest BCUT2D eigenvalue weighted by Gasteiger charge is 2.06. The second-order valence-electron chi connectivity index (χ2n) is 3.42. The van der Waals surface area contributed by atoms with Crippen molar-refractivity contribution in [1.29, 1.82) is 0 Å². The molecule has 0 aliphatic carbocycles. The lowest BCUT2D eigenvalue weighted by Gasteiger charge is -2.10. The van der Waals surface area contributed by atoms with E-state index < -0.39 is 0 Å². The summed E-state index contributed by atoms with van der Waals surface area (Å²) in [5.74, 6) is -0.0676. The van der Waals surface area contributed by atoms with E-state index in [0.717, 1.165) is 17.4 Å². The van der Waals surface area contributed by atoms with Gasteiger partial charge in [0, 0.05) is 0 Å². The molecule has 0 heterocycles. The largest absolute Gasteiger partial charge is 0.299 e. The highest BCUT2D eigenvalue weighted by atomic mass is 19.1. The number of halogens is 1. The lowest BCUT2D eigenvalue weighted by Crippen LogP contribution is -1.94. The van der Waals surface area contributed by atoms with Crippen LogP contribution in [0.2, 0.25) is 0 Å². The topological polar surface area (TPSA) is 17.1 Å². The molecule has 0 radical (unpaired) electrons. The van der Waals surface area contributed by atoms with Crippen molar-refractivity contribution in [1.82, 2.24) is 0 Å². The Hall–Kier alpha value is -1.44. The Bertz CT molecular complexity index is 353. The van der Waals surface area contributed by atoms with Crippen molar-refractivity contribution >= 4 is 11.9 Å². The number of allylic oxidation sites excluding steroid dienone is 2. The molecular weight excluding hydrogens is 179 g/mol. The highest BCUT2D eigenvalue weighted by molar-refractivity contribution is 5.82. The monoisotopic (exact) mass is 192 g/mol. The molecule has 1 aromatic carbocycles. The van der Waals surface area contributed by atoms with Gasteiger partial charge >= 0.3 is 0 Å². The molecule has 0 aliphatic heterocycles. The molecule has 0 fully saturated rings. The number of aldehydes is 1. The van der Waals surface area contributed by atoms with Crippen LogP contribution in [-0.2, 0) is 4.79 Å². The lowest BCUT2D eigenvalue weighted by atomic mass is 9.95. The molecule has 0 bridgehead atoms. The minimum Gasteiger partial charge on any atom is -0.299 e. The number of carbonyl (C=O) groups excluding carboxylic acids is 1. The van der Waals surface area contributed by atoms with Gasteiger partial charge in [-0.25, -0.2) is 4.39 Å². The molecule has 0 aromatic heterocycles. The van der Waals surface area contributed by atoms with Gasteiger partial charge in [-0.2, -0.15) is 0 Å². The smallest absolute Gasteiger partial charge is 0.143 e. The van der Waals surface area contributed by atoms with Crippen molar-refractivity contribution in [2.75, 3.05) is 0 Å². The quantitative estimate of drug-likeness (QED) is 0.531. The van der Waals surface area contributed by atoms with E-state index in [9.17, 15) is 9.18 Å². The average Bonchev–Trinajstić information content (AvgIpc) is 2.13. The summed E-state index contributed by atoms with van der Waals surface area (Å²) in [4.78, 5) is 10.4. The number of benzene rings is 1. The van der Waals surface area contributed by atoms with Crippen molar-refractivity contribution in [2.45, 2.75) is 13.8 Å². The molecule has 1 aromatic rings. The first-order valence-electron chi connectivity index (χ1n) is 4.56. The van der Waals surface area contributed by atoms with E-state index in [4.69, 9.17) is 0 Å². The van der Waals surface area contributed by atoms with Crippen LogP contribution in [0.25, 0.3) is 5.57 Å². The molecule has 0 spiro atoms. The minimum atomic E-state index is -0.278. The number of rotatable bonds is 3. The van der Waals surface area contributed by atoms with Crippen LogP contribution in [0.5, 0.6) is 0 Å². The van der Waals surface area contributed by atoms with Gasteiger partial charge in [0.15, 0.2) is 0 Å². The Balaban J connectivity index is 3.12. The van der Waals surface area contributed by atoms with Crippen LogP contribution in [0.3, 0.4) is 0 Å². The maximum absolute atomic E-state index is 12.9. The third-order valence-corrected chi connectivity index (χ3v) is 2.03. The maximum Gasteiger partial charge on any atom is 0.143 e. The summed E-state index contributed by atoms with van der Waals surface area (Å²) in [5.41, 5.74) is 1.63. The predicted molar refractivity (Wildman–Crippen MR) is 55.3 cm³/mol. The molecule has 2 heteroatoms. The molecule has 1 nitrogen and oxygen atoms in total. The molecule has 74 valence electrons. The lowest BCUT2D eigenvalue weighted by molar-refractivity contribution is -0.104. The Labute approximate surface area is 83.3 Å². The van der Waals surface area contributed by atoms with Crippen LogP contribution in [0, 0.1) is 11.7 Å². The van der Waals surface area contributed by atoms with E-state index >= 15 is 0 Å². The standard InChI is InChI=1S/C12H13FO/c1-9(2)12(6-7-14)10-4-3-5-11(13)8-10/h3-9H,1-2H3/b12-6-. The van der Waals surface area contributed by atoms with E-state index in [1.807, 2.05) is 13.8 Å². The van der Waals surface area contributed by atoms with E-state index in [2.05, 4.69) is 0 Å². The van der Waals surface area contributed by atoms with Crippen molar-refractivity contribution in [2.24, 2.45) is 5.92 Å². The summed E-state index contributed by atoms with van der Waals surface area (Å²) in [6.07, 6.45) is 2.22. The van der Waals surface area contributed by atoms with Gasteiger partial charge in [0.2, 0.25) is 0 Å². The fourth-order valence-electron chi connectivity index (χ4n) is 1.36. The summed E-state index contributed by atoms with van der Waals surface area (Å²) in [6.45, 7) is 3.94. The Morgan fingerprint density at radius 3 is 2.64 bits per heavy atom. The van der Waals surface area contributed by atoms with E-state index in [-0.39, 0.29) is 11.7 Å². The third-order valence-electron chi connectivity index (χ3n) is 2.03. The molecule has 0 atom stereocenters. The van der Waals surface area contributed by atoms with E-state index in [1.54, 1.807) is 12.1 Å². The SMILES string of the molecule is CC(C)/C(=C/C=O)c1cccc(F)c1. The van der Waals surface area contributed by atoms with E-state index in [0.29, 0.717) is 0 Å². The predicted octanol–water partition coefficient (Wildman–Crippen LogP) is 3.06. The number of carbonyl (C=O) groups is 1. The second-order valence-corrected chi connectivity index (χ2v) is 3.42. The zero-order valence-electron chi connectivity index (χ0n) is 8.33. The number of hydrogen-bond acceptors (Lipinski definition) is 1. The summed E-state index contributed by atoms with van der Waals surface area (Å²) < 4.78 is 12.9. The van der Waals surface area contributed by atoms with Gasteiger partial charge in [0.25, 0.3) is 0 Å². The summed E-state index contributed by atoms with van der Waals surface area (Å²) in [7, 11) is 0. The van der Waals surface area contributed by atoms with Gasteiger partial charge in [-0.05, 0) is 35.3 Å². The van der Waals surface area contributed by atoms with Crippen LogP contribution in [-0.4, -0.2) is 6.29 Å². The molecule has 1 rings (SSSR count). The second kappa shape index (κ2) is 4.70. The third kappa shape index (κ3) is 2.52. The molecule has 0 unspecified atom stereocenters. The molecular formula is C12H13FO. The summed E-state index contributed by atoms with van der Waals surface area (Å²) in [6, 6.07) is 6.28. The first-order valence-corrected chi connectivity index (χ1v) is 4.56. The van der Waals surface area contributed by atoms with Crippen LogP contribution < -0.4 is 0 Å². The first kappa shape index (κ1) is 10.6. The van der Waals surface area contributed by atoms with Gasteiger partial charge in [0.05, 0.1) is 0 Å². The number of hydrogen-bond donors (Lipinski definition) is 0. The van der Waals surface area contributed by atoms with Gasteiger partial charge < -0.3 is 0 Å². The summed E-state index contributed by atoms with van der Waals surface area (Å²) in [5, 5.41) is 0. The van der Waals surface area contributed by atoms with Crippen LogP contribution in [0.1, 0.15) is 19.4 Å². The molecule has 0 saturated heterocycles. The molecule has 0 amide bonds. The maximum atomic E-state index is 12.9. The van der Waals surface area contributed by atoms with Crippen LogP contribution in [0.4, 0.5) is 4.39 Å². The fraction of sp³-hybridized carbons (Fsp3) is 0.250. The molecule has 0 saturated carbocycles. The van der Waals surface area contributed by atoms with Gasteiger partial charge in [-0.3, -0.25) is 4.79 Å².